The molecule has 0 aromatic rings. The quantitative estimate of drug-likeness (QED) is 0.0261. The zero-order valence-electron chi connectivity index (χ0n) is 48.8. The zero-order chi connectivity index (χ0) is 54.3. The lowest BCUT2D eigenvalue weighted by Crippen LogP contribution is -2.30. The SMILES string of the molecule is CC/C=C\C/C=C\C/C=C\C/C=C\C/C=C\CCCCCCCC(=O)OC(COC(=O)CCCCCCC/C=C\CCCCCC)COC(=O)CCCCCCCCCCCC/C=C\C/C=C\C/C=C\C/C=C\CC. The Hall–Kier alpha value is -4.19. The number of unbranched alkanes of at least 4 members (excludes halogenated alkanes) is 24. The van der Waals surface area contributed by atoms with Crippen molar-refractivity contribution in [3.63, 3.8) is 0 Å². The summed E-state index contributed by atoms with van der Waals surface area (Å²) in [5, 5.41) is 0. The number of carbonyl (C=O) groups excluding carboxylic acids is 3. The van der Waals surface area contributed by atoms with Crippen molar-refractivity contribution >= 4 is 17.9 Å². The van der Waals surface area contributed by atoms with Crippen LogP contribution in [0.5, 0.6) is 0 Å². The molecule has 0 aromatic heterocycles. The van der Waals surface area contributed by atoms with Crippen LogP contribution in [0, 0.1) is 0 Å². The Morgan fingerprint density at radius 2 is 0.520 bits per heavy atom. The van der Waals surface area contributed by atoms with Gasteiger partial charge >= 0.3 is 17.9 Å². The zero-order valence-corrected chi connectivity index (χ0v) is 48.8. The van der Waals surface area contributed by atoms with Crippen LogP contribution in [0.1, 0.15) is 278 Å². The molecule has 6 heteroatoms. The maximum atomic E-state index is 12.9. The van der Waals surface area contributed by atoms with E-state index in [2.05, 4.69) is 142 Å². The fourth-order valence-electron chi connectivity index (χ4n) is 8.34. The summed E-state index contributed by atoms with van der Waals surface area (Å²) >= 11 is 0. The Balaban J connectivity index is 4.40. The highest BCUT2D eigenvalue weighted by molar-refractivity contribution is 5.71. The molecule has 0 bridgehead atoms. The van der Waals surface area contributed by atoms with Gasteiger partial charge in [-0.2, -0.15) is 0 Å². The predicted molar refractivity (Wildman–Crippen MR) is 325 cm³/mol. The smallest absolute Gasteiger partial charge is 0.306 e. The molecule has 0 heterocycles. The summed E-state index contributed by atoms with van der Waals surface area (Å²) in [5.41, 5.74) is 0. The van der Waals surface area contributed by atoms with Gasteiger partial charge in [-0.3, -0.25) is 14.4 Å². The average molecular weight is 1040 g/mol. The van der Waals surface area contributed by atoms with E-state index in [1.54, 1.807) is 0 Å². The number of esters is 3. The molecule has 1 unspecified atom stereocenters. The van der Waals surface area contributed by atoms with Gasteiger partial charge in [0, 0.05) is 19.3 Å². The van der Waals surface area contributed by atoms with E-state index in [1.807, 2.05) is 0 Å². The molecule has 0 N–H and O–H groups in total. The molecule has 0 aliphatic carbocycles. The van der Waals surface area contributed by atoms with Crippen LogP contribution in [0.4, 0.5) is 0 Å². The minimum Gasteiger partial charge on any atom is -0.462 e. The van der Waals surface area contributed by atoms with Gasteiger partial charge in [-0.1, -0.05) is 251 Å². The maximum Gasteiger partial charge on any atom is 0.306 e. The van der Waals surface area contributed by atoms with Crippen LogP contribution in [0.2, 0.25) is 0 Å². The van der Waals surface area contributed by atoms with Gasteiger partial charge in [-0.25, -0.2) is 0 Å². The standard InChI is InChI=1S/C69H114O6/c1-4-7-10-13-16-19-22-25-27-29-31-33-34-36-37-39-41-44-47-50-53-56-59-62-68(71)74-65-66(64-73-67(70)61-58-55-52-49-46-43-24-21-18-15-12-9-6-3)75-69(72)63-60-57-54-51-48-45-42-40-38-35-32-30-28-26-23-20-17-14-11-8-5-2/h7-8,10-11,16-17,19-21,24-28,31-33,35,40,42,66H,4-6,9,12-15,18,22-23,29-30,34,36-39,41,43-65H2,1-3H3/b10-7-,11-8-,19-16-,20-17-,24-21-,27-25-,28-26-,33-31-,35-32-,42-40-. The van der Waals surface area contributed by atoms with Crippen molar-refractivity contribution in [3.05, 3.63) is 122 Å². The third-order valence-corrected chi connectivity index (χ3v) is 12.9. The van der Waals surface area contributed by atoms with Crippen molar-refractivity contribution in [1.29, 1.82) is 0 Å². The van der Waals surface area contributed by atoms with Gasteiger partial charge in [0.05, 0.1) is 0 Å². The van der Waals surface area contributed by atoms with Crippen molar-refractivity contribution in [2.45, 2.75) is 284 Å². The number of allylic oxidation sites excluding steroid dienone is 20. The normalized spacial score (nSPS) is 12.9. The Bertz CT molecular complexity index is 1570. The molecule has 6 nitrogen and oxygen atoms in total. The fraction of sp³-hybridized carbons (Fsp3) is 0.667. The Labute approximate surface area is 462 Å². The monoisotopic (exact) mass is 1040 g/mol. The first-order chi connectivity index (χ1) is 37.0. The van der Waals surface area contributed by atoms with Crippen molar-refractivity contribution in [3.8, 4) is 0 Å². The van der Waals surface area contributed by atoms with Gasteiger partial charge in [0.1, 0.15) is 13.2 Å². The highest BCUT2D eigenvalue weighted by Gasteiger charge is 2.19. The molecule has 0 spiro atoms. The van der Waals surface area contributed by atoms with Crippen LogP contribution in [0.25, 0.3) is 0 Å². The lowest BCUT2D eigenvalue weighted by molar-refractivity contribution is -0.167. The number of hydrogen-bond acceptors (Lipinski definition) is 6. The second-order valence-corrected chi connectivity index (χ2v) is 20.2. The van der Waals surface area contributed by atoms with Crippen LogP contribution in [0.15, 0.2) is 122 Å². The van der Waals surface area contributed by atoms with Gasteiger partial charge < -0.3 is 14.2 Å². The van der Waals surface area contributed by atoms with Crippen LogP contribution >= 0.6 is 0 Å². The van der Waals surface area contributed by atoms with Gasteiger partial charge in [0.15, 0.2) is 6.10 Å². The number of rotatable bonds is 55. The molecule has 0 saturated heterocycles. The summed E-state index contributed by atoms with van der Waals surface area (Å²) in [4.78, 5) is 38.3. The first kappa shape index (κ1) is 70.8. The molecule has 0 aromatic carbocycles. The summed E-state index contributed by atoms with van der Waals surface area (Å²) in [5.74, 6) is -0.922. The minimum absolute atomic E-state index is 0.0930. The molecule has 0 aliphatic heterocycles. The van der Waals surface area contributed by atoms with Crippen molar-refractivity contribution in [2.75, 3.05) is 13.2 Å². The average Bonchev–Trinajstić information content (AvgIpc) is 3.41. The van der Waals surface area contributed by atoms with E-state index >= 15 is 0 Å². The summed E-state index contributed by atoms with van der Waals surface area (Å²) in [6.07, 6.45) is 86.2. The molecule has 0 saturated carbocycles. The molecule has 0 aliphatic rings. The Morgan fingerprint density at radius 3 is 0.827 bits per heavy atom. The molecule has 426 valence electrons. The number of ether oxygens (including phenoxy) is 3. The second kappa shape index (κ2) is 62.4. The molecule has 75 heavy (non-hydrogen) atoms. The van der Waals surface area contributed by atoms with Crippen molar-refractivity contribution in [2.24, 2.45) is 0 Å². The van der Waals surface area contributed by atoms with Gasteiger partial charge in [-0.15, -0.1) is 0 Å². The third-order valence-electron chi connectivity index (χ3n) is 12.9. The van der Waals surface area contributed by atoms with Crippen molar-refractivity contribution in [1.82, 2.24) is 0 Å². The molecular weight excluding hydrogens is 925 g/mol. The molecular formula is C69H114O6. The van der Waals surface area contributed by atoms with E-state index in [0.717, 1.165) is 141 Å². The first-order valence-corrected chi connectivity index (χ1v) is 31.0. The molecule has 0 amide bonds. The topological polar surface area (TPSA) is 78.9 Å². The van der Waals surface area contributed by atoms with Crippen LogP contribution in [-0.4, -0.2) is 37.2 Å². The van der Waals surface area contributed by atoms with E-state index in [-0.39, 0.29) is 31.1 Å². The van der Waals surface area contributed by atoms with E-state index in [4.69, 9.17) is 14.2 Å². The summed E-state index contributed by atoms with van der Waals surface area (Å²) in [6.45, 7) is 6.38. The first-order valence-electron chi connectivity index (χ1n) is 31.0. The Kier molecular flexibility index (Phi) is 58.9. The number of hydrogen-bond donors (Lipinski definition) is 0. The van der Waals surface area contributed by atoms with E-state index < -0.39 is 6.10 Å². The maximum absolute atomic E-state index is 12.9. The Morgan fingerprint density at radius 1 is 0.280 bits per heavy atom. The molecule has 0 fully saturated rings. The van der Waals surface area contributed by atoms with Crippen LogP contribution in [-0.2, 0) is 28.6 Å². The van der Waals surface area contributed by atoms with Crippen LogP contribution < -0.4 is 0 Å². The lowest BCUT2D eigenvalue weighted by atomic mass is 10.1. The predicted octanol–water partition coefficient (Wildman–Crippen LogP) is 21.2. The summed E-state index contributed by atoms with van der Waals surface area (Å²) in [7, 11) is 0. The van der Waals surface area contributed by atoms with E-state index in [1.165, 1.54) is 96.3 Å². The van der Waals surface area contributed by atoms with E-state index in [0.29, 0.717) is 19.3 Å². The second-order valence-electron chi connectivity index (χ2n) is 20.2. The van der Waals surface area contributed by atoms with Gasteiger partial charge in [0.25, 0.3) is 0 Å². The fourth-order valence-corrected chi connectivity index (χ4v) is 8.34. The lowest BCUT2D eigenvalue weighted by Gasteiger charge is -2.18. The largest absolute Gasteiger partial charge is 0.462 e. The summed E-state index contributed by atoms with van der Waals surface area (Å²) < 4.78 is 16.9. The minimum atomic E-state index is -0.798. The molecule has 0 rings (SSSR count). The summed E-state index contributed by atoms with van der Waals surface area (Å²) in [6, 6.07) is 0. The highest BCUT2D eigenvalue weighted by atomic mass is 16.6. The van der Waals surface area contributed by atoms with E-state index in [9.17, 15) is 14.4 Å². The molecule has 1 atom stereocenters. The third kappa shape index (κ3) is 60.6. The van der Waals surface area contributed by atoms with Gasteiger partial charge in [0.2, 0.25) is 0 Å². The van der Waals surface area contributed by atoms with Gasteiger partial charge in [-0.05, 0) is 128 Å². The number of carbonyl (C=O) groups is 3. The highest BCUT2D eigenvalue weighted by Crippen LogP contribution is 2.15. The molecule has 0 radical (unpaired) electrons. The van der Waals surface area contributed by atoms with Crippen molar-refractivity contribution < 1.29 is 28.6 Å². The van der Waals surface area contributed by atoms with Crippen LogP contribution in [0.3, 0.4) is 0 Å².